The lowest BCUT2D eigenvalue weighted by molar-refractivity contribution is 0.561. The van der Waals surface area contributed by atoms with Crippen LogP contribution < -0.4 is 4.72 Å². The SMILES string of the molecule is Cn1ccnc1[C@H](NS(=O)(=O)c1ccc(F)c(Cl)c1)c1ccc(F)cc1. The third-order valence-electron chi connectivity index (χ3n) is 3.79. The quantitative estimate of drug-likeness (QED) is 0.717. The Balaban J connectivity index is 2.03. The highest BCUT2D eigenvalue weighted by atomic mass is 35.5. The van der Waals surface area contributed by atoms with Gasteiger partial charge >= 0.3 is 0 Å². The number of hydrogen-bond acceptors (Lipinski definition) is 3. The predicted molar refractivity (Wildman–Crippen MR) is 93.2 cm³/mol. The van der Waals surface area contributed by atoms with Crippen molar-refractivity contribution in [2.45, 2.75) is 10.9 Å². The van der Waals surface area contributed by atoms with Gasteiger partial charge in [0.25, 0.3) is 0 Å². The Morgan fingerprint density at radius 1 is 1.15 bits per heavy atom. The predicted octanol–water partition coefficient (Wildman–Crippen LogP) is 3.42. The summed E-state index contributed by atoms with van der Waals surface area (Å²) < 4.78 is 56.2. The van der Waals surface area contributed by atoms with Crippen molar-refractivity contribution in [2.75, 3.05) is 0 Å². The maximum atomic E-state index is 13.3. The highest BCUT2D eigenvalue weighted by Crippen LogP contribution is 2.25. The van der Waals surface area contributed by atoms with Crippen LogP contribution in [0.25, 0.3) is 0 Å². The molecule has 1 N–H and O–H groups in total. The molecule has 0 spiro atoms. The smallest absolute Gasteiger partial charge is 0.241 e. The van der Waals surface area contributed by atoms with E-state index < -0.39 is 27.7 Å². The van der Waals surface area contributed by atoms with E-state index in [1.165, 1.54) is 30.5 Å². The van der Waals surface area contributed by atoms with Crippen LogP contribution in [0.15, 0.2) is 59.8 Å². The summed E-state index contributed by atoms with van der Waals surface area (Å²) in [5.41, 5.74) is 0.498. The molecule has 3 aromatic rings. The van der Waals surface area contributed by atoms with E-state index in [1.807, 2.05) is 0 Å². The first-order valence-corrected chi connectivity index (χ1v) is 9.34. The van der Waals surface area contributed by atoms with Gasteiger partial charge in [0.15, 0.2) is 0 Å². The molecule has 2 aromatic carbocycles. The molecule has 26 heavy (non-hydrogen) atoms. The van der Waals surface area contributed by atoms with Gasteiger partial charge in [0.05, 0.1) is 9.92 Å². The fraction of sp³-hybridized carbons (Fsp3) is 0.118. The number of nitrogens with one attached hydrogen (secondary N) is 1. The molecule has 5 nitrogen and oxygen atoms in total. The topological polar surface area (TPSA) is 64.0 Å². The molecule has 9 heteroatoms. The molecule has 3 rings (SSSR count). The van der Waals surface area contributed by atoms with Crippen LogP contribution in [0.5, 0.6) is 0 Å². The Labute approximate surface area is 154 Å². The molecule has 136 valence electrons. The molecule has 1 heterocycles. The fourth-order valence-electron chi connectivity index (χ4n) is 2.45. The fourth-order valence-corrected chi connectivity index (χ4v) is 3.90. The molecule has 0 aliphatic carbocycles. The van der Waals surface area contributed by atoms with Crippen LogP contribution in [0.3, 0.4) is 0 Å². The van der Waals surface area contributed by atoms with Crippen molar-refractivity contribution >= 4 is 21.6 Å². The second kappa shape index (κ2) is 7.14. The number of imidazole rings is 1. The van der Waals surface area contributed by atoms with Crippen LogP contribution in [0.4, 0.5) is 8.78 Å². The number of aromatic nitrogens is 2. The largest absolute Gasteiger partial charge is 0.336 e. The first-order chi connectivity index (χ1) is 12.3. The van der Waals surface area contributed by atoms with Crippen LogP contribution in [-0.2, 0) is 17.1 Å². The van der Waals surface area contributed by atoms with Gasteiger partial charge in [0.2, 0.25) is 10.0 Å². The first-order valence-electron chi connectivity index (χ1n) is 7.48. The van der Waals surface area contributed by atoms with Gasteiger partial charge in [-0.2, -0.15) is 4.72 Å². The second-order valence-corrected chi connectivity index (χ2v) is 7.70. The number of nitrogens with zero attached hydrogens (tertiary/aromatic N) is 2. The average molecular weight is 398 g/mol. The van der Waals surface area contributed by atoms with Gasteiger partial charge in [0, 0.05) is 19.4 Å². The second-order valence-electron chi connectivity index (χ2n) is 5.58. The van der Waals surface area contributed by atoms with E-state index in [0.717, 1.165) is 18.2 Å². The molecule has 0 unspecified atom stereocenters. The zero-order chi connectivity index (χ0) is 18.9. The Kier molecular flexibility index (Phi) is 5.08. The van der Waals surface area contributed by atoms with E-state index in [4.69, 9.17) is 11.6 Å². The van der Waals surface area contributed by atoms with Crippen LogP contribution in [0.1, 0.15) is 17.4 Å². The van der Waals surface area contributed by atoms with E-state index in [1.54, 1.807) is 17.8 Å². The summed E-state index contributed by atoms with van der Waals surface area (Å²) in [6.07, 6.45) is 3.18. The molecular formula is C17H14ClF2N3O2S. The minimum atomic E-state index is -4.05. The van der Waals surface area contributed by atoms with Crippen LogP contribution in [-0.4, -0.2) is 18.0 Å². The molecule has 1 aromatic heterocycles. The number of aryl methyl sites for hydroxylation is 1. The first kappa shape index (κ1) is 18.5. The maximum Gasteiger partial charge on any atom is 0.241 e. The number of benzene rings is 2. The molecule has 0 bridgehead atoms. The summed E-state index contributed by atoms with van der Waals surface area (Å²) >= 11 is 5.69. The minimum absolute atomic E-state index is 0.190. The highest BCUT2D eigenvalue weighted by molar-refractivity contribution is 7.89. The Hall–Kier alpha value is -2.29. The summed E-state index contributed by atoms with van der Waals surface area (Å²) in [7, 11) is -2.34. The van der Waals surface area contributed by atoms with Crippen molar-refractivity contribution in [2.24, 2.45) is 7.05 Å². The van der Waals surface area contributed by atoms with Gasteiger partial charge in [-0.25, -0.2) is 22.2 Å². The number of sulfonamides is 1. The summed E-state index contributed by atoms with van der Waals surface area (Å²) in [5, 5.41) is -0.303. The zero-order valence-electron chi connectivity index (χ0n) is 13.5. The number of halogens is 3. The van der Waals surface area contributed by atoms with Crippen molar-refractivity contribution in [1.29, 1.82) is 0 Å². The molecule has 0 saturated carbocycles. The van der Waals surface area contributed by atoms with Crippen molar-refractivity contribution in [1.82, 2.24) is 14.3 Å². The molecule has 0 aliphatic rings. The minimum Gasteiger partial charge on any atom is -0.336 e. The van der Waals surface area contributed by atoms with Crippen molar-refractivity contribution < 1.29 is 17.2 Å². The molecule has 0 fully saturated rings. The standard InChI is InChI=1S/C17H14ClF2N3O2S/c1-23-9-8-21-17(23)16(11-2-4-12(19)5-3-11)22-26(24,25)13-6-7-15(20)14(18)10-13/h2-10,16,22H,1H3/t16-/m1/s1. The van der Waals surface area contributed by atoms with E-state index in [2.05, 4.69) is 9.71 Å². The molecule has 0 saturated heterocycles. The Morgan fingerprint density at radius 2 is 1.85 bits per heavy atom. The van der Waals surface area contributed by atoms with Gasteiger partial charge in [-0.05, 0) is 35.9 Å². The van der Waals surface area contributed by atoms with E-state index >= 15 is 0 Å². The summed E-state index contributed by atoms with van der Waals surface area (Å²) in [6, 6.07) is 7.64. The summed E-state index contributed by atoms with van der Waals surface area (Å²) in [4.78, 5) is 3.99. The summed E-state index contributed by atoms with van der Waals surface area (Å²) in [6.45, 7) is 0. The molecule has 0 aliphatic heterocycles. The van der Waals surface area contributed by atoms with Crippen molar-refractivity contribution in [3.63, 3.8) is 0 Å². The van der Waals surface area contributed by atoms with E-state index in [9.17, 15) is 17.2 Å². The maximum absolute atomic E-state index is 13.3. The van der Waals surface area contributed by atoms with Gasteiger partial charge in [-0.1, -0.05) is 23.7 Å². The van der Waals surface area contributed by atoms with E-state index in [0.29, 0.717) is 11.4 Å². The van der Waals surface area contributed by atoms with Crippen molar-refractivity contribution in [3.8, 4) is 0 Å². The third kappa shape index (κ3) is 3.77. The van der Waals surface area contributed by atoms with Crippen molar-refractivity contribution in [3.05, 3.63) is 82.9 Å². The van der Waals surface area contributed by atoms with Crippen LogP contribution in [0.2, 0.25) is 5.02 Å². The molecule has 0 amide bonds. The van der Waals surface area contributed by atoms with Gasteiger partial charge < -0.3 is 4.57 Å². The molecular weight excluding hydrogens is 384 g/mol. The van der Waals surface area contributed by atoms with Gasteiger partial charge in [-0.15, -0.1) is 0 Å². The lowest BCUT2D eigenvalue weighted by atomic mass is 10.1. The lowest BCUT2D eigenvalue weighted by Gasteiger charge is -2.19. The summed E-state index contributed by atoms with van der Waals surface area (Å²) in [5.74, 6) is -0.751. The Morgan fingerprint density at radius 3 is 2.42 bits per heavy atom. The lowest BCUT2D eigenvalue weighted by Crippen LogP contribution is -2.31. The van der Waals surface area contributed by atoms with Gasteiger partial charge in [-0.3, -0.25) is 0 Å². The van der Waals surface area contributed by atoms with Crippen LogP contribution in [0, 0.1) is 11.6 Å². The average Bonchev–Trinajstić information content (AvgIpc) is 3.02. The highest BCUT2D eigenvalue weighted by Gasteiger charge is 2.26. The zero-order valence-corrected chi connectivity index (χ0v) is 15.1. The molecule has 0 radical (unpaired) electrons. The van der Waals surface area contributed by atoms with Crippen LogP contribution >= 0.6 is 11.6 Å². The number of rotatable bonds is 5. The number of hydrogen-bond donors (Lipinski definition) is 1. The monoisotopic (exact) mass is 397 g/mol. The van der Waals surface area contributed by atoms with Gasteiger partial charge in [0.1, 0.15) is 23.5 Å². The van der Waals surface area contributed by atoms with E-state index in [-0.39, 0.29) is 9.92 Å². The normalized spacial score (nSPS) is 12.9. The third-order valence-corrected chi connectivity index (χ3v) is 5.50. The molecule has 1 atom stereocenters. The Bertz CT molecular complexity index is 1040.